The van der Waals surface area contributed by atoms with Crippen LogP contribution in [0, 0.1) is 0 Å². The molecule has 0 radical (unpaired) electrons. The number of dihydropyridines is 1. The second kappa shape index (κ2) is 14.1. The summed E-state index contributed by atoms with van der Waals surface area (Å²) in [6.45, 7) is 14.4. The van der Waals surface area contributed by atoms with E-state index in [4.69, 9.17) is 0 Å². The summed E-state index contributed by atoms with van der Waals surface area (Å²) in [4.78, 5) is 0. The van der Waals surface area contributed by atoms with Crippen LogP contribution in [0.25, 0.3) is 38.2 Å². The van der Waals surface area contributed by atoms with E-state index in [1.54, 1.807) is 0 Å². The van der Waals surface area contributed by atoms with E-state index in [2.05, 4.69) is 147 Å². The van der Waals surface area contributed by atoms with E-state index in [1.807, 2.05) is 25.2 Å². The van der Waals surface area contributed by atoms with Crippen LogP contribution in [0.15, 0.2) is 163 Å². The highest BCUT2D eigenvalue weighted by molar-refractivity contribution is 7.45. The molecule has 1 heterocycles. The zero-order chi connectivity index (χ0) is 30.2. The average molecular weight is 578 g/mol. The van der Waals surface area contributed by atoms with E-state index in [9.17, 15) is 0 Å². The number of benzene rings is 4. The van der Waals surface area contributed by atoms with Crippen molar-refractivity contribution in [2.75, 3.05) is 0 Å². The van der Waals surface area contributed by atoms with Gasteiger partial charge in [0, 0.05) is 6.20 Å². The molecule has 214 valence electrons. The molecule has 4 aromatic rings. The highest BCUT2D eigenvalue weighted by Crippen LogP contribution is 2.43. The summed E-state index contributed by atoms with van der Waals surface area (Å²) in [6.07, 6.45) is 17.8. The fourth-order valence-corrected chi connectivity index (χ4v) is 6.42. The monoisotopic (exact) mass is 577 g/mol. The molecule has 0 bridgehead atoms. The molecule has 0 aliphatic carbocycles. The van der Waals surface area contributed by atoms with Gasteiger partial charge in [-0.3, -0.25) is 0 Å². The molecule has 4 aromatic carbocycles. The number of hydrogen-bond acceptors (Lipinski definition) is 1. The van der Waals surface area contributed by atoms with E-state index in [-0.39, 0.29) is 6.04 Å². The molecule has 0 aromatic heterocycles. The van der Waals surface area contributed by atoms with E-state index >= 15 is 0 Å². The van der Waals surface area contributed by atoms with Crippen LogP contribution in [0.1, 0.15) is 44.4 Å². The highest BCUT2D eigenvalue weighted by Gasteiger charge is 2.17. The van der Waals surface area contributed by atoms with Crippen molar-refractivity contribution in [2.45, 2.75) is 33.2 Å². The standard InChI is InChI=1S/C41H40NP/c1-6-8-9-15-34(28-43-27-29(3)4)41-37-18-12-10-16-35(37)40(36-17-11-13-19-38(36)41)32-22-20-31(21-23-32)39-25-24-33(26-42-39)30(5)14-7-2/h6-7,9-28,39,42-43H,1,5,8H2,2-4H3/b14-7-,15-9-,34-28+. The van der Waals surface area contributed by atoms with Gasteiger partial charge in [-0.05, 0) is 87.7 Å². The first-order valence-electron chi connectivity index (χ1n) is 14.9. The number of allylic oxidation sites excluding steroid dienone is 10. The van der Waals surface area contributed by atoms with Crippen molar-refractivity contribution in [3.63, 3.8) is 0 Å². The summed E-state index contributed by atoms with van der Waals surface area (Å²) in [5.74, 6) is 4.70. The van der Waals surface area contributed by atoms with Crippen LogP contribution in [0.3, 0.4) is 0 Å². The minimum atomic E-state index is 0.128. The van der Waals surface area contributed by atoms with Crippen molar-refractivity contribution in [1.29, 1.82) is 0 Å². The Kier molecular flexibility index (Phi) is 9.88. The Hall–Kier alpha value is -4.45. The van der Waals surface area contributed by atoms with Crippen LogP contribution >= 0.6 is 8.58 Å². The lowest BCUT2D eigenvalue weighted by Gasteiger charge is -2.21. The normalized spacial score (nSPS) is 15.5. The lowest BCUT2D eigenvalue weighted by atomic mass is 9.85. The molecule has 0 spiro atoms. The first-order valence-corrected chi connectivity index (χ1v) is 16.0. The third kappa shape index (κ3) is 6.80. The molecule has 5 rings (SSSR count). The van der Waals surface area contributed by atoms with Crippen LogP contribution in [0.2, 0.25) is 0 Å². The highest BCUT2D eigenvalue weighted by atomic mass is 31.1. The van der Waals surface area contributed by atoms with Crippen molar-refractivity contribution in [3.8, 4) is 11.1 Å². The Morgan fingerprint density at radius 3 is 2.07 bits per heavy atom. The molecule has 1 N–H and O–H groups in total. The molecule has 0 fully saturated rings. The van der Waals surface area contributed by atoms with Crippen molar-refractivity contribution >= 4 is 35.7 Å². The zero-order valence-electron chi connectivity index (χ0n) is 25.4. The van der Waals surface area contributed by atoms with E-state index in [0.29, 0.717) is 8.58 Å². The van der Waals surface area contributed by atoms with Gasteiger partial charge >= 0.3 is 0 Å². The third-order valence-electron chi connectivity index (χ3n) is 7.61. The lowest BCUT2D eigenvalue weighted by Crippen LogP contribution is -2.16. The number of rotatable bonds is 10. The molecule has 1 aliphatic rings. The Morgan fingerprint density at radius 1 is 0.860 bits per heavy atom. The zero-order valence-corrected chi connectivity index (χ0v) is 26.4. The summed E-state index contributed by atoms with van der Waals surface area (Å²) >= 11 is 0. The Morgan fingerprint density at radius 2 is 1.51 bits per heavy atom. The Bertz CT molecular complexity index is 1780. The summed E-state index contributed by atoms with van der Waals surface area (Å²) in [5.41, 5.74) is 9.74. The lowest BCUT2D eigenvalue weighted by molar-refractivity contribution is 0.741. The maximum Gasteiger partial charge on any atom is 0.0696 e. The molecule has 1 aliphatic heterocycles. The van der Waals surface area contributed by atoms with Gasteiger partial charge in [0.1, 0.15) is 0 Å². The largest absolute Gasteiger partial charge is 0.380 e. The quantitative estimate of drug-likeness (QED) is 0.0855. The average Bonchev–Trinajstić information content (AvgIpc) is 3.03. The molecule has 43 heavy (non-hydrogen) atoms. The minimum Gasteiger partial charge on any atom is -0.380 e. The second-order valence-corrected chi connectivity index (χ2v) is 11.9. The first-order chi connectivity index (χ1) is 21.0. The Balaban J connectivity index is 1.61. The fourth-order valence-electron chi connectivity index (χ4n) is 5.59. The van der Waals surface area contributed by atoms with Crippen LogP contribution in [-0.2, 0) is 0 Å². The molecule has 0 amide bonds. The topological polar surface area (TPSA) is 12.0 Å². The van der Waals surface area contributed by atoms with Crippen molar-refractivity contribution in [1.82, 2.24) is 5.32 Å². The predicted octanol–water partition coefficient (Wildman–Crippen LogP) is 12.0. The molecule has 2 heteroatoms. The van der Waals surface area contributed by atoms with Crippen molar-refractivity contribution in [2.24, 2.45) is 0 Å². The van der Waals surface area contributed by atoms with Gasteiger partial charge in [-0.2, -0.15) is 0 Å². The summed E-state index contributed by atoms with van der Waals surface area (Å²) in [6, 6.07) is 26.9. The number of nitrogens with one attached hydrogen (secondary N) is 1. The van der Waals surface area contributed by atoms with Crippen LogP contribution in [0.5, 0.6) is 0 Å². The van der Waals surface area contributed by atoms with Gasteiger partial charge in [0.15, 0.2) is 0 Å². The smallest absolute Gasteiger partial charge is 0.0696 e. The molecule has 2 unspecified atom stereocenters. The molecule has 1 nitrogen and oxygen atoms in total. The van der Waals surface area contributed by atoms with Gasteiger partial charge in [-0.25, -0.2) is 0 Å². The van der Waals surface area contributed by atoms with Gasteiger partial charge in [0.25, 0.3) is 0 Å². The minimum absolute atomic E-state index is 0.128. The van der Waals surface area contributed by atoms with Crippen molar-refractivity contribution < 1.29 is 0 Å². The first kappa shape index (κ1) is 30.0. The summed E-state index contributed by atoms with van der Waals surface area (Å²) in [5, 5.41) is 8.62. The van der Waals surface area contributed by atoms with E-state index in [1.165, 1.54) is 54.9 Å². The molecule has 0 saturated carbocycles. The van der Waals surface area contributed by atoms with Gasteiger partial charge < -0.3 is 5.32 Å². The second-order valence-electron chi connectivity index (χ2n) is 11.0. The third-order valence-corrected chi connectivity index (χ3v) is 8.84. The van der Waals surface area contributed by atoms with Crippen LogP contribution < -0.4 is 5.32 Å². The van der Waals surface area contributed by atoms with Crippen LogP contribution in [0.4, 0.5) is 0 Å². The van der Waals surface area contributed by atoms with E-state index in [0.717, 1.165) is 17.6 Å². The summed E-state index contributed by atoms with van der Waals surface area (Å²) < 4.78 is 0. The van der Waals surface area contributed by atoms with Crippen LogP contribution in [-0.4, -0.2) is 0 Å². The number of fused-ring (bicyclic) bond motifs is 2. The number of hydrogen-bond donors (Lipinski definition) is 1. The SMILES string of the molecule is C=CC/C=C\C(=C/PC=C(C)C)c1c2ccccc2c(-c2ccc(C3C=CC(C(=C)/C=C\C)=CN3)cc2)c2ccccc12. The fraction of sp³-hybridized carbons (Fsp3) is 0.122. The van der Waals surface area contributed by atoms with Gasteiger partial charge in [-0.1, -0.05) is 148 Å². The molecule has 0 saturated heterocycles. The Labute approximate surface area is 258 Å². The molecular formula is C41H40NP. The van der Waals surface area contributed by atoms with E-state index < -0.39 is 0 Å². The van der Waals surface area contributed by atoms with Crippen molar-refractivity contribution in [3.05, 3.63) is 174 Å². The van der Waals surface area contributed by atoms with Gasteiger partial charge in [0.2, 0.25) is 0 Å². The van der Waals surface area contributed by atoms with Gasteiger partial charge in [0.05, 0.1) is 6.04 Å². The maximum absolute atomic E-state index is 4.16. The maximum atomic E-state index is 4.16. The molecular weight excluding hydrogens is 537 g/mol. The predicted molar refractivity (Wildman–Crippen MR) is 194 cm³/mol. The molecule has 2 atom stereocenters. The van der Waals surface area contributed by atoms with Gasteiger partial charge in [-0.15, -0.1) is 6.58 Å². The summed E-state index contributed by atoms with van der Waals surface area (Å²) in [7, 11) is 0.615.